The van der Waals surface area contributed by atoms with Crippen molar-refractivity contribution in [1.82, 2.24) is 9.71 Å². The van der Waals surface area contributed by atoms with Crippen molar-refractivity contribution >= 4 is 15.7 Å². The largest absolute Gasteiger partial charge is 0.398 e. The topological polar surface area (TPSA) is 85.1 Å². The minimum atomic E-state index is -3.56. The lowest BCUT2D eigenvalue weighted by molar-refractivity contribution is 0.301. The highest BCUT2D eigenvalue weighted by molar-refractivity contribution is 7.89. The second kappa shape index (κ2) is 5.88. The normalized spacial score (nSPS) is 24.3. The summed E-state index contributed by atoms with van der Waals surface area (Å²) >= 11 is 0. The SMILES string of the molecule is CCC1CCCC(NS(=O)(=O)c2cnccc2N)C1. The number of hydrogen-bond acceptors (Lipinski definition) is 4. The van der Waals surface area contributed by atoms with Gasteiger partial charge in [-0.3, -0.25) is 4.98 Å². The molecule has 1 heterocycles. The van der Waals surface area contributed by atoms with E-state index >= 15 is 0 Å². The Morgan fingerprint density at radius 3 is 2.95 bits per heavy atom. The van der Waals surface area contributed by atoms with Gasteiger partial charge in [0.05, 0.1) is 5.69 Å². The third-order valence-corrected chi connectivity index (χ3v) is 5.35. The third-order valence-electron chi connectivity index (χ3n) is 3.79. The molecule has 0 saturated heterocycles. The van der Waals surface area contributed by atoms with Gasteiger partial charge in [-0.05, 0) is 24.8 Å². The van der Waals surface area contributed by atoms with Crippen LogP contribution in [0.15, 0.2) is 23.4 Å². The smallest absolute Gasteiger partial charge is 0.244 e. The summed E-state index contributed by atoms with van der Waals surface area (Å²) in [5, 5.41) is 0. The molecule has 2 unspecified atom stereocenters. The summed E-state index contributed by atoms with van der Waals surface area (Å²) in [7, 11) is -3.56. The fraction of sp³-hybridized carbons (Fsp3) is 0.615. The molecule has 3 N–H and O–H groups in total. The van der Waals surface area contributed by atoms with Gasteiger partial charge in [0.1, 0.15) is 4.90 Å². The summed E-state index contributed by atoms with van der Waals surface area (Å²) in [6, 6.07) is 1.52. The highest BCUT2D eigenvalue weighted by atomic mass is 32.2. The van der Waals surface area contributed by atoms with Gasteiger partial charge in [0.2, 0.25) is 10.0 Å². The Balaban J connectivity index is 2.11. The molecule has 106 valence electrons. The Morgan fingerprint density at radius 1 is 1.47 bits per heavy atom. The van der Waals surface area contributed by atoms with Crippen LogP contribution in [-0.2, 0) is 10.0 Å². The zero-order chi connectivity index (χ0) is 13.9. The van der Waals surface area contributed by atoms with Crippen LogP contribution >= 0.6 is 0 Å². The van der Waals surface area contributed by atoms with Crippen LogP contribution in [0.2, 0.25) is 0 Å². The van der Waals surface area contributed by atoms with Gasteiger partial charge in [-0.2, -0.15) is 0 Å². The van der Waals surface area contributed by atoms with Crippen LogP contribution in [0.1, 0.15) is 39.0 Å². The van der Waals surface area contributed by atoms with Gasteiger partial charge >= 0.3 is 0 Å². The van der Waals surface area contributed by atoms with Crippen molar-refractivity contribution in [2.24, 2.45) is 5.92 Å². The lowest BCUT2D eigenvalue weighted by atomic mass is 9.85. The molecular formula is C13H21N3O2S. The van der Waals surface area contributed by atoms with Gasteiger partial charge in [-0.25, -0.2) is 13.1 Å². The van der Waals surface area contributed by atoms with E-state index in [2.05, 4.69) is 16.6 Å². The Hall–Kier alpha value is -1.14. The first-order valence-electron chi connectivity index (χ1n) is 6.74. The molecule has 1 aliphatic carbocycles. The van der Waals surface area contributed by atoms with Gasteiger partial charge in [-0.15, -0.1) is 0 Å². The predicted octanol–water partition coefficient (Wildman–Crippen LogP) is 1.91. The molecule has 1 saturated carbocycles. The maximum absolute atomic E-state index is 12.3. The summed E-state index contributed by atoms with van der Waals surface area (Å²) < 4.78 is 27.3. The van der Waals surface area contributed by atoms with E-state index in [-0.39, 0.29) is 16.6 Å². The molecule has 1 fully saturated rings. The number of anilines is 1. The molecule has 19 heavy (non-hydrogen) atoms. The number of nitrogens with zero attached hydrogens (tertiary/aromatic N) is 1. The van der Waals surface area contributed by atoms with Gasteiger partial charge in [-0.1, -0.05) is 26.2 Å². The number of aromatic nitrogens is 1. The van der Waals surface area contributed by atoms with Crippen LogP contribution in [0.3, 0.4) is 0 Å². The Kier molecular flexibility index (Phi) is 4.42. The van der Waals surface area contributed by atoms with E-state index in [1.165, 1.54) is 24.9 Å². The number of nitrogens with two attached hydrogens (primary N) is 1. The van der Waals surface area contributed by atoms with Crippen molar-refractivity contribution in [2.45, 2.75) is 50.0 Å². The molecule has 0 aliphatic heterocycles. The van der Waals surface area contributed by atoms with Crippen LogP contribution in [0.25, 0.3) is 0 Å². The average Bonchev–Trinajstić information content (AvgIpc) is 2.38. The van der Waals surface area contributed by atoms with E-state index in [9.17, 15) is 8.42 Å². The number of rotatable bonds is 4. The lowest BCUT2D eigenvalue weighted by Crippen LogP contribution is -2.38. The standard InChI is InChI=1S/C13H21N3O2S/c1-2-10-4-3-5-11(8-10)16-19(17,18)13-9-15-7-6-12(13)14/h6-7,9-11,16H,2-5,8H2,1H3,(H2,14,15). The van der Waals surface area contributed by atoms with Gasteiger partial charge in [0.25, 0.3) is 0 Å². The molecule has 2 atom stereocenters. The number of pyridine rings is 1. The molecule has 1 aromatic rings. The molecule has 0 aromatic carbocycles. The average molecular weight is 283 g/mol. The molecule has 5 nitrogen and oxygen atoms in total. The van der Waals surface area contributed by atoms with Crippen molar-refractivity contribution in [2.75, 3.05) is 5.73 Å². The third kappa shape index (κ3) is 3.45. The predicted molar refractivity (Wildman–Crippen MR) is 75.0 cm³/mol. The van der Waals surface area contributed by atoms with E-state index in [0.29, 0.717) is 5.92 Å². The van der Waals surface area contributed by atoms with Crippen LogP contribution in [0.4, 0.5) is 5.69 Å². The number of hydrogen-bond donors (Lipinski definition) is 2. The van der Waals surface area contributed by atoms with Crippen LogP contribution in [0, 0.1) is 5.92 Å². The Bertz CT molecular complexity index is 530. The van der Waals surface area contributed by atoms with Crippen LogP contribution in [-0.4, -0.2) is 19.4 Å². The molecule has 0 amide bonds. The van der Waals surface area contributed by atoms with Crippen LogP contribution in [0.5, 0.6) is 0 Å². The fourth-order valence-electron chi connectivity index (χ4n) is 2.67. The maximum Gasteiger partial charge on any atom is 0.244 e. The minimum absolute atomic E-state index is 0.0170. The van der Waals surface area contributed by atoms with Gasteiger partial charge in [0, 0.05) is 18.4 Å². The van der Waals surface area contributed by atoms with E-state index < -0.39 is 10.0 Å². The minimum Gasteiger partial charge on any atom is -0.398 e. The molecule has 1 aliphatic rings. The summed E-state index contributed by atoms with van der Waals surface area (Å²) in [4.78, 5) is 3.91. The highest BCUT2D eigenvalue weighted by Gasteiger charge is 2.26. The molecule has 0 spiro atoms. The van der Waals surface area contributed by atoms with Crippen molar-refractivity contribution in [3.8, 4) is 0 Å². The molecule has 1 aromatic heterocycles. The first-order chi connectivity index (χ1) is 9.03. The molecule has 0 radical (unpaired) electrons. The summed E-state index contributed by atoms with van der Waals surface area (Å²) in [5.41, 5.74) is 5.95. The summed E-state index contributed by atoms with van der Waals surface area (Å²) in [6.07, 6.45) is 7.98. The second-order valence-electron chi connectivity index (χ2n) is 5.17. The van der Waals surface area contributed by atoms with Crippen LogP contribution < -0.4 is 10.5 Å². The zero-order valence-corrected chi connectivity index (χ0v) is 12.0. The van der Waals surface area contributed by atoms with Crippen molar-refractivity contribution in [3.63, 3.8) is 0 Å². The fourth-order valence-corrected chi connectivity index (χ4v) is 4.02. The summed E-state index contributed by atoms with van der Waals surface area (Å²) in [6.45, 7) is 2.15. The Morgan fingerprint density at radius 2 is 2.26 bits per heavy atom. The van der Waals surface area contributed by atoms with E-state index in [0.717, 1.165) is 25.7 Å². The molecule has 6 heteroatoms. The number of nitrogen functional groups attached to an aromatic ring is 1. The van der Waals surface area contributed by atoms with E-state index in [1.807, 2.05) is 0 Å². The number of sulfonamides is 1. The maximum atomic E-state index is 12.3. The first kappa shape index (κ1) is 14.3. The Labute approximate surface area is 114 Å². The quantitative estimate of drug-likeness (QED) is 0.884. The zero-order valence-electron chi connectivity index (χ0n) is 11.2. The van der Waals surface area contributed by atoms with Crippen molar-refractivity contribution < 1.29 is 8.42 Å². The summed E-state index contributed by atoms with van der Waals surface area (Å²) in [5.74, 6) is 0.618. The van der Waals surface area contributed by atoms with Gasteiger partial charge in [0.15, 0.2) is 0 Å². The number of nitrogens with one attached hydrogen (secondary N) is 1. The molecule has 0 bridgehead atoms. The molecule has 2 rings (SSSR count). The lowest BCUT2D eigenvalue weighted by Gasteiger charge is -2.28. The second-order valence-corrected chi connectivity index (χ2v) is 6.85. The molecular weight excluding hydrogens is 262 g/mol. The monoisotopic (exact) mass is 283 g/mol. The highest BCUT2D eigenvalue weighted by Crippen LogP contribution is 2.28. The van der Waals surface area contributed by atoms with E-state index in [4.69, 9.17) is 5.73 Å². The van der Waals surface area contributed by atoms with Crippen molar-refractivity contribution in [1.29, 1.82) is 0 Å². The van der Waals surface area contributed by atoms with Gasteiger partial charge < -0.3 is 5.73 Å². The first-order valence-corrected chi connectivity index (χ1v) is 8.23. The van der Waals surface area contributed by atoms with Crippen molar-refractivity contribution in [3.05, 3.63) is 18.5 Å². The van der Waals surface area contributed by atoms with E-state index in [1.54, 1.807) is 0 Å².